The van der Waals surface area contributed by atoms with Crippen LogP contribution < -0.4 is 5.32 Å². The fourth-order valence-electron chi connectivity index (χ4n) is 3.01. The van der Waals surface area contributed by atoms with Crippen LogP contribution in [-0.4, -0.2) is 35.4 Å². The van der Waals surface area contributed by atoms with Gasteiger partial charge in [0.15, 0.2) is 0 Å². The van der Waals surface area contributed by atoms with Crippen molar-refractivity contribution in [2.75, 3.05) is 19.8 Å². The van der Waals surface area contributed by atoms with Gasteiger partial charge in [-0.2, -0.15) is 0 Å². The summed E-state index contributed by atoms with van der Waals surface area (Å²) in [6, 6.07) is 0.651. The Morgan fingerprint density at radius 3 is 3.00 bits per heavy atom. The summed E-state index contributed by atoms with van der Waals surface area (Å²) >= 11 is 0. The van der Waals surface area contributed by atoms with E-state index in [2.05, 4.69) is 14.9 Å². The number of fused-ring (bicyclic) bond motifs is 1. The number of ether oxygens (including phenoxy) is 1. The molecule has 1 aliphatic carbocycles. The van der Waals surface area contributed by atoms with Gasteiger partial charge in [-0.05, 0) is 38.5 Å². The van der Waals surface area contributed by atoms with Crippen molar-refractivity contribution in [1.29, 1.82) is 0 Å². The number of nitrogens with zero attached hydrogens (tertiary/aromatic N) is 2. The smallest absolute Gasteiger partial charge is 0.0952 e. The normalized spacial score (nSPS) is 20.9. The number of aromatic nitrogens is 2. The number of aryl methyl sites for hydroxylation is 1. The fourth-order valence-corrected chi connectivity index (χ4v) is 3.01. The van der Waals surface area contributed by atoms with Crippen LogP contribution in [0.25, 0.3) is 0 Å². The van der Waals surface area contributed by atoms with Crippen LogP contribution in [0.2, 0.25) is 0 Å². The molecule has 0 radical (unpaired) electrons. The molecular formula is C14H23N3O. The maximum atomic E-state index is 5.37. The van der Waals surface area contributed by atoms with Gasteiger partial charge in [0.25, 0.3) is 0 Å². The van der Waals surface area contributed by atoms with E-state index in [0.29, 0.717) is 6.04 Å². The summed E-state index contributed by atoms with van der Waals surface area (Å²) in [7, 11) is 0. The minimum absolute atomic E-state index is 0.651. The second-order valence-electron chi connectivity index (χ2n) is 5.38. The molecule has 4 heteroatoms. The van der Waals surface area contributed by atoms with Crippen molar-refractivity contribution >= 4 is 0 Å². The number of rotatable bonds is 4. The number of imidazole rings is 1. The average molecular weight is 249 g/mol. The minimum atomic E-state index is 0.651. The molecule has 0 amide bonds. The van der Waals surface area contributed by atoms with Crippen molar-refractivity contribution < 1.29 is 4.74 Å². The molecule has 0 unspecified atom stereocenters. The van der Waals surface area contributed by atoms with E-state index in [1.54, 1.807) is 0 Å². The topological polar surface area (TPSA) is 39.1 Å². The van der Waals surface area contributed by atoms with Crippen LogP contribution >= 0.6 is 0 Å². The van der Waals surface area contributed by atoms with Crippen molar-refractivity contribution in [3.8, 4) is 0 Å². The fraction of sp³-hybridized carbons (Fsp3) is 0.786. The molecule has 4 nitrogen and oxygen atoms in total. The first-order valence-corrected chi connectivity index (χ1v) is 7.27. The minimum Gasteiger partial charge on any atom is -0.381 e. The van der Waals surface area contributed by atoms with E-state index in [1.807, 2.05) is 6.33 Å². The average Bonchev–Trinajstić information content (AvgIpc) is 2.84. The number of hydrogen-bond acceptors (Lipinski definition) is 3. The molecule has 0 saturated carbocycles. The Bertz CT molecular complexity index is 382. The predicted octanol–water partition coefficient (Wildman–Crippen LogP) is 1.53. The largest absolute Gasteiger partial charge is 0.381 e. The molecule has 1 aromatic heterocycles. The standard InChI is InChI=1S/C14H23N3O/c1-2-4-14-13(3-1)16-11-17(14)8-7-15-12-5-9-18-10-6-12/h11-12,15H,1-10H2. The summed E-state index contributed by atoms with van der Waals surface area (Å²) < 4.78 is 7.72. The van der Waals surface area contributed by atoms with Crippen LogP contribution in [0.4, 0.5) is 0 Å². The summed E-state index contributed by atoms with van der Waals surface area (Å²) in [5.41, 5.74) is 2.82. The van der Waals surface area contributed by atoms with Crippen LogP contribution in [-0.2, 0) is 24.1 Å². The van der Waals surface area contributed by atoms with Crippen molar-refractivity contribution in [3.05, 3.63) is 17.7 Å². The summed E-state index contributed by atoms with van der Waals surface area (Å²) in [6.45, 7) is 3.93. The lowest BCUT2D eigenvalue weighted by atomic mass is 10.0. The highest BCUT2D eigenvalue weighted by atomic mass is 16.5. The molecular weight excluding hydrogens is 226 g/mol. The molecule has 1 aromatic rings. The van der Waals surface area contributed by atoms with E-state index in [9.17, 15) is 0 Å². The van der Waals surface area contributed by atoms with Crippen molar-refractivity contribution in [1.82, 2.24) is 14.9 Å². The van der Waals surface area contributed by atoms with Crippen molar-refractivity contribution in [2.45, 2.75) is 51.1 Å². The van der Waals surface area contributed by atoms with Gasteiger partial charge in [0.1, 0.15) is 0 Å². The van der Waals surface area contributed by atoms with Gasteiger partial charge in [0.2, 0.25) is 0 Å². The lowest BCUT2D eigenvalue weighted by Gasteiger charge is -2.23. The lowest BCUT2D eigenvalue weighted by Crippen LogP contribution is -2.36. The summed E-state index contributed by atoms with van der Waals surface area (Å²) in [6.07, 6.45) is 9.37. The van der Waals surface area contributed by atoms with Gasteiger partial charge in [-0.15, -0.1) is 0 Å². The van der Waals surface area contributed by atoms with E-state index >= 15 is 0 Å². The summed E-state index contributed by atoms with van der Waals surface area (Å²) in [4.78, 5) is 4.54. The highest BCUT2D eigenvalue weighted by Crippen LogP contribution is 2.19. The quantitative estimate of drug-likeness (QED) is 0.879. The molecule has 1 aliphatic heterocycles. The van der Waals surface area contributed by atoms with Crippen LogP contribution in [0, 0.1) is 0 Å². The van der Waals surface area contributed by atoms with E-state index in [1.165, 1.54) is 37.1 Å². The third-order valence-electron chi connectivity index (χ3n) is 4.12. The zero-order chi connectivity index (χ0) is 12.2. The first-order valence-electron chi connectivity index (χ1n) is 7.27. The van der Waals surface area contributed by atoms with Gasteiger partial charge in [0, 0.05) is 38.0 Å². The van der Waals surface area contributed by atoms with Gasteiger partial charge >= 0.3 is 0 Å². The van der Waals surface area contributed by atoms with Crippen molar-refractivity contribution in [2.24, 2.45) is 0 Å². The Morgan fingerprint density at radius 2 is 2.11 bits per heavy atom. The Kier molecular flexibility index (Phi) is 3.96. The van der Waals surface area contributed by atoms with Gasteiger partial charge < -0.3 is 14.6 Å². The molecule has 2 aliphatic rings. The molecule has 0 spiro atoms. The van der Waals surface area contributed by atoms with E-state index in [-0.39, 0.29) is 0 Å². The van der Waals surface area contributed by atoms with Gasteiger partial charge in [-0.1, -0.05) is 0 Å². The zero-order valence-corrected chi connectivity index (χ0v) is 11.0. The first kappa shape index (κ1) is 12.2. The Balaban J connectivity index is 1.49. The van der Waals surface area contributed by atoms with Gasteiger partial charge in [-0.25, -0.2) is 4.98 Å². The lowest BCUT2D eigenvalue weighted by molar-refractivity contribution is 0.0778. The second kappa shape index (κ2) is 5.85. The Morgan fingerprint density at radius 1 is 1.28 bits per heavy atom. The highest BCUT2D eigenvalue weighted by Gasteiger charge is 2.16. The Labute approximate surface area is 109 Å². The van der Waals surface area contributed by atoms with E-state index in [4.69, 9.17) is 4.74 Å². The third kappa shape index (κ3) is 2.75. The Hall–Kier alpha value is -0.870. The molecule has 3 rings (SSSR count). The molecule has 0 aromatic carbocycles. The monoisotopic (exact) mass is 249 g/mol. The molecule has 0 atom stereocenters. The number of hydrogen-bond donors (Lipinski definition) is 1. The molecule has 18 heavy (non-hydrogen) atoms. The van der Waals surface area contributed by atoms with Crippen LogP contribution in [0.1, 0.15) is 37.1 Å². The SMILES string of the molecule is c1nc2c(n1CCNC1CCOCC1)CCCC2. The highest BCUT2D eigenvalue weighted by molar-refractivity contribution is 5.16. The van der Waals surface area contributed by atoms with Crippen molar-refractivity contribution in [3.63, 3.8) is 0 Å². The first-order chi connectivity index (χ1) is 8.93. The molecule has 100 valence electrons. The van der Waals surface area contributed by atoms with E-state index < -0.39 is 0 Å². The van der Waals surface area contributed by atoms with Crippen LogP contribution in [0.3, 0.4) is 0 Å². The predicted molar refractivity (Wildman–Crippen MR) is 70.7 cm³/mol. The molecule has 1 N–H and O–H groups in total. The third-order valence-corrected chi connectivity index (χ3v) is 4.12. The molecule has 1 fully saturated rings. The van der Waals surface area contributed by atoms with Gasteiger partial charge in [-0.3, -0.25) is 0 Å². The second-order valence-corrected chi connectivity index (χ2v) is 5.38. The summed E-state index contributed by atoms with van der Waals surface area (Å²) in [5, 5.41) is 3.64. The zero-order valence-electron chi connectivity index (χ0n) is 11.0. The van der Waals surface area contributed by atoms with E-state index in [0.717, 1.165) is 39.1 Å². The summed E-state index contributed by atoms with van der Waals surface area (Å²) in [5.74, 6) is 0. The van der Waals surface area contributed by atoms with Crippen LogP contribution in [0.15, 0.2) is 6.33 Å². The molecule has 1 saturated heterocycles. The maximum absolute atomic E-state index is 5.37. The molecule has 0 bridgehead atoms. The molecule has 2 heterocycles. The maximum Gasteiger partial charge on any atom is 0.0952 e. The number of nitrogens with one attached hydrogen (secondary N) is 1. The van der Waals surface area contributed by atoms with Gasteiger partial charge in [0.05, 0.1) is 12.0 Å². The van der Waals surface area contributed by atoms with Crippen LogP contribution in [0.5, 0.6) is 0 Å².